The van der Waals surface area contributed by atoms with Crippen molar-refractivity contribution in [3.63, 3.8) is 0 Å². The number of hydrogen-bond donors (Lipinski definition) is 1. The Morgan fingerprint density at radius 2 is 1.62 bits per heavy atom. The number of carbonyl (C=O) groups excluding carboxylic acids is 2. The van der Waals surface area contributed by atoms with Crippen molar-refractivity contribution < 1.29 is 28.9 Å². The third-order valence-electron chi connectivity index (χ3n) is 2.72. The van der Waals surface area contributed by atoms with Gasteiger partial charge in [0.2, 0.25) is 0 Å². The molecule has 0 aromatic heterocycles. The monoisotopic (exact) mass is 336 g/mol. The molecule has 0 radical (unpaired) electrons. The van der Waals surface area contributed by atoms with Gasteiger partial charge >= 0.3 is 11.9 Å². The summed E-state index contributed by atoms with van der Waals surface area (Å²) >= 11 is 0. The van der Waals surface area contributed by atoms with Gasteiger partial charge < -0.3 is 19.3 Å². The fourth-order valence-electron chi connectivity index (χ4n) is 1.81. The van der Waals surface area contributed by atoms with Gasteiger partial charge in [0.25, 0.3) is 0 Å². The van der Waals surface area contributed by atoms with Crippen LogP contribution in [-0.2, 0) is 19.1 Å². The molecule has 1 rings (SSSR count). The number of phenolic OH excluding ortho intramolecular Hbond substituents is 1. The van der Waals surface area contributed by atoms with E-state index >= 15 is 0 Å². The number of rotatable bonds is 7. The molecule has 6 heteroatoms. The number of phenols is 1. The Labute approximate surface area is 142 Å². The molecule has 0 bridgehead atoms. The van der Waals surface area contributed by atoms with Gasteiger partial charge in [-0.25, -0.2) is 9.59 Å². The van der Waals surface area contributed by atoms with Gasteiger partial charge in [0.1, 0.15) is 5.57 Å². The minimum atomic E-state index is -0.762. The second-order valence-corrected chi connectivity index (χ2v) is 5.63. The standard InChI is InChI=1S/C18H24O6/c1-6-22-16-10-13(7-8-15(16)19)9-14(17(20)23-11(2)3)18(21)24-12(4)5/h7-12,19H,6H2,1-5H3. The molecule has 1 aromatic rings. The van der Waals surface area contributed by atoms with Crippen molar-refractivity contribution >= 4 is 18.0 Å². The summed E-state index contributed by atoms with van der Waals surface area (Å²) in [5, 5.41) is 9.73. The quantitative estimate of drug-likeness (QED) is 0.357. The van der Waals surface area contributed by atoms with Gasteiger partial charge in [0, 0.05) is 0 Å². The highest BCUT2D eigenvalue weighted by molar-refractivity contribution is 6.17. The maximum Gasteiger partial charge on any atom is 0.345 e. The van der Waals surface area contributed by atoms with E-state index in [4.69, 9.17) is 14.2 Å². The molecule has 0 spiro atoms. The molecule has 0 saturated carbocycles. The van der Waals surface area contributed by atoms with Crippen LogP contribution in [0.3, 0.4) is 0 Å². The first-order chi connectivity index (χ1) is 11.2. The minimum Gasteiger partial charge on any atom is -0.504 e. The Kier molecular flexibility index (Phi) is 7.30. The summed E-state index contributed by atoms with van der Waals surface area (Å²) in [5.74, 6) is -1.28. The summed E-state index contributed by atoms with van der Waals surface area (Å²) in [5.41, 5.74) is 0.290. The largest absolute Gasteiger partial charge is 0.504 e. The molecule has 6 nitrogen and oxygen atoms in total. The van der Waals surface area contributed by atoms with Crippen LogP contribution in [-0.4, -0.2) is 35.9 Å². The Morgan fingerprint density at radius 3 is 2.08 bits per heavy atom. The summed E-state index contributed by atoms with van der Waals surface area (Å²) in [6, 6.07) is 4.52. The fraction of sp³-hybridized carbons (Fsp3) is 0.444. The van der Waals surface area contributed by atoms with Crippen LogP contribution in [0.1, 0.15) is 40.2 Å². The van der Waals surface area contributed by atoms with Crippen LogP contribution in [0.2, 0.25) is 0 Å². The summed E-state index contributed by atoms with van der Waals surface area (Å²) < 4.78 is 15.5. The van der Waals surface area contributed by atoms with Crippen molar-refractivity contribution in [2.45, 2.75) is 46.8 Å². The summed E-state index contributed by atoms with van der Waals surface area (Å²) in [6.45, 7) is 8.92. The first kappa shape index (κ1) is 19.5. The molecule has 0 amide bonds. The molecule has 0 aliphatic carbocycles. The van der Waals surface area contributed by atoms with Gasteiger partial charge in [0.15, 0.2) is 11.5 Å². The molecule has 0 atom stereocenters. The van der Waals surface area contributed by atoms with Crippen molar-refractivity contribution in [2.24, 2.45) is 0 Å². The van der Waals surface area contributed by atoms with E-state index in [0.29, 0.717) is 12.2 Å². The topological polar surface area (TPSA) is 82.1 Å². The summed E-state index contributed by atoms with van der Waals surface area (Å²) in [7, 11) is 0. The van der Waals surface area contributed by atoms with E-state index in [9.17, 15) is 14.7 Å². The molecule has 0 fully saturated rings. The van der Waals surface area contributed by atoms with Crippen LogP contribution < -0.4 is 4.74 Å². The van der Waals surface area contributed by atoms with Crippen molar-refractivity contribution in [2.75, 3.05) is 6.61 Å². The van der Waals surface area contributed by atoms with Crippen LogP contribution >= 0.6 is 0 Å². The van der Waals surface area contributed by atoms with Crippen molar-refractivity contribution in [1.82, 2.24) is 0 Å². The highest BCUT2D eigenvalue weighted by Gasteiger charge is 2.23. The molecule has 0 saturated heterocycles. The van der Waals surface area contributed by atoms with E-state index in [2.05, 4.69) is 0 Å². The second kappa shape index (κ2) is 8.96. The summed E-state index contributed by atoms with van der Waals surface area (Å²) in [4.78, 5) is 24.4. The minimum absolute atomic E-state index is 0.0231. The smallest absolute Gasteiger partial charge is 0.345 e. The zero-order valence-electron chi connectivity index (χ0n) is 14.7. The van der Waals surface area contributed by atoms with Crippen LogP contribution in [0, 0.1) is 0 Å². The molecule has 24 heavy (non-hydrogen) atoms. The Hall–Kier alpha value is -2.50. The van der Waals surface area contributed by atoms with Gasteiger partial charge in [-0.05, 0) is 58.4 Å². The number of aromatic hydroxyl groups is 1. The fourth-order valence-corrected chi connectivity index (χ4v) is 1.81. The average Bonchev–Trinajstić information content (AvgIpc) is 2.46. The van der Waals surface area contributed by atoms with E-state index in [1.165, 1.54) is 18.2 Å². The van der Waals surface area contributed by atoms with Crippen LogP contribution in [0.5, 0.6) is 11.5 Å². The zero-order valence-corrected chi connectivity index (χ0v) is 14.7. The highest BCUT2D eigenvalue weighted by atomic mass is 16.6. The molecule has 1 aromatic carbocycles. The van der Waals surface area contributed by atoms with Gasteiger partial charge in [-0.2, -0.15) is 0 Å². The third-order valence-corrected chi connectivity index (χ3v) is 2.72. The van der Waals surface area contributed by atoms with E-state index < -0.39 is 11.9 Å². The van der Waals surface area contributed by atoms with E-state index in [0.717, 1.165) is 0 Å². The highest BCUT2D eigenvalue weighted by Crippen LogP contribution is 2.28. The lowest BCUT2D eigenvalue weighted by Crippen LogP contribution is -2.23. The first-order valence-corrected chi connectivity index (χ1v) is 7.84. The Balaban J connectivity index is 3.22. The molecule has 0 unspecified atom stereocenters. The first-order valence-electron chi connectivity index (χ1n) is 7.84. The maximum absolute atomic E-state index is 12.2. The predicted octanol–water partition coefficient (Wildman–Crippen LogP) is 3.08. The molecule has 132 valence electrons. The lowest BCUT2D eigenvalue weighted by Gasteiger charge is -2.13. The SMILES string of the molecule is CCOc1cc(C=C(C(=O)OC(C)C)C(=O)OC(C)C)ccc1O. The van der Waals surface area contributed by atoms with Gasteiger partial charge in [-0.15, -0.1) is 0 Å². The van der Waals surface area contributed by atoms with E-state index in [-0.39, 0.29) is 29.3 Å². The Morgan fingerprint density at radius 1 is 1.08 bits per heavy atom. The van der Waals surface area contributed by atoms with Gasteiger partial charge in [-0.1, -0.05) is 6.07 Å². The number of esters is 2. The Bertz CT molecular complexity index is 592. The van der Waals surface area contributed by atoms with Gasteiger partial charge in [-0.3, -0.25) is 0 Å². The summed E-state index contributed by atoms with van der Waals surface area (Å²) in [6.07, 6.45) is 0.621. The molecular weight excluding hydrogens is 312 g/mol. The normalized spacial score (nSPS) is 10.5. The average molecular weight is 336 g/mol. The van der Waals surface area contributed by atoms with Gasteiger partial charge in [0.05, 0.1) is 18.8 Å². The van der Waals surface area contributed by atoms with Crippen molar-refractivity contribution in [3.05, 3.63) is 29.3 Å². The lowest BCUT2D eigenvalue weighted by atomic mass is 10.1. The van der Waals surface area contributed by atoms with E-state index in [1.807, 2.05) is 0 Å². The lowest BCUT2D eigenvalue weighted by molar-refractivity contribution is -0.150. The van der Waals surface area contributed by atoms with Crippen LogP contribution in [0.4, 0.5) is 0 Å². The van der Waals surface area contributed by atoms with Crippen LogP contribution in [0.25, 0.3) is 6.08 Å². The molecule has 0 heterocycles. The van der Waals surface area contributed by atoms with Crippen molar-refractivity contribution in [3.8, 4) is 11.5 Å². The predicted molar refractivity (Wildman–Crippen MR) is 89.7 cm³/mol. The molecule has 1 N–H and O–H groups in total. The number of hydrogen-bond acceptors (Lipinski definition) is 6. The van der Waals surface area contributed by atoms with Crippen molar-refractivity contribution in [1.29, 1.82) is 0 Å². The third kappa shape index (κ3) is 5.95. The number of ether oxygens (including phenoxy) is 3. The molecule has 0 aliphatic heterocycles. The maximum atomic E-state index is 12.2. The number of carbonyl (C=O) groups is 2. The van der Waals surface area contributed by atoms with E-state index in [1.54, 1.807) is 40.7 Å². The zero-order chi connectivity index (χ0) is 18.3. The second-order valence-electron chi connectivity index (χ2n) is 5.63. The molecular formula is C18H24O6. The van der Waals surface area contributed by atoms with Crippen LogP contribution in [0.15, 0.2) is 23.8 Å². The molecule has 0 aliphatic rings. The number of benzene rings is 1.